The molecule has 0 amide bonds. The van der Waals surface area contributed by atoms with E-state index in [1.54, 1.807) is 11.3 Å². The maximum atomic E-state index is 9.98. The van der Waals surface area contributed by atoms with Gasteiger partial charge < -0.3 is 4.90 Å². The van der Waals surface area contributed by atoms with Gasteiger partial charge in [0.25, 0.3) is 0 Å². The van der Waals surface area contributed by atoms with Crippen molar-refractivity contribution in [1.29, 1.82) is 5.26 Å². The highest BCUT2D eigenvalue weighted by atomic mass is 32.1. The molecule has 0 N–H and O–H groups in total. The zero-order chi connectivity index (χ0) is 33.3. The Bertz CT molecular complexity index is 2730. The smallest absolute Gasteiger partial charge is 0.210 e. The van der Waals surface area contributed by atoms with Crippen LogP contribution in [0.5, 0.6) is 0 Å². The van der Waals surface area contributed by atoms with Crippen LogP contribution in [0.3, 0.4) is 0 Å². The standard InChI is InChI=1S/C45H29N3S/c1-45(2)36-11-8-10-30-18-19-31-23-29(24-37(45)44(31)43(30)36)16-15-28-17-21-34-35-22-20-33(26-42(35)49-41(34)25-28)48(39-13-6-4-9-32(39)27-46)40-14-7-5-12-38(40)47-3/h4-26H,1-2H3/b16-15+. The van der Waals surface area contributed by atoms with Crippen molar-refractivity contribution in [2.45, 2.75) is 19.3 Å². The Balaban J connectivity index is 1.11. The third-order valence-electron chi connectivity index (χ3n) is 10.0. The third kappa shape index (κ3) is 4.46. The van der Waals surface area contributed by atoms with Crippen LogP contribution in [0.2, 0.25) is 0 Å². The lowest BCUT2D eigenvalue weighted by Crippen LogP contribution is -2.15. The Morgan fingerprint density at radius 1 is 0.673 bits per heavy atom. The van der Waals surface area contributed by atoms with Crippen LogP contribution < -0.4 is 4.90 Å². The molecule has 4 heteroatoms. The van der Waals surface area contributed by atoms with E-state index in [0.717, 1.165) is 27.3 Å². The van der Waals surface area contributed by atoms with Crippen LogP contribution >= 0.6 is 11.3 Å². The Kier molecular flexibility index (Phi) is 6.46. The van der Waals surface area contributed by atoms with Crippen LogP contribution in [0.25, 0.3) is 58.7 Å². The number of rotatable bonds is 5. The van der Waals surface area contributed by atoms with Gasteiger partial charge in [-0.3, -0.25) is 0 Å². The molecule has 0 saturated carbocycles. The van der Waals surface area contributed by atoms with Crippen molar-refractivity contribution >= 4 is 88.0 Å². The lowest BCUT2D eigenvalue weighted by molar-refractivity contribution is 0.662. The van der Waals surface area contributed by atoms with Crippen LogP contribution in [-0.2, 0) is 5.41 Å². The quantitative estimate of drug-likeness (QED) is 0.106. The van der Waals surface area contributed by atoms with Crippen molar-refractivity contribution in [1.82, 2.24) is 0 Å². The highest BCUT2D eigenvalue weighted by molar-refractivity contribution is 7.25. The van der Waals surface area contributed by atoms with Crippen LogP contribution in [0.15, 0.2) is 127 Å². The zero-order valence-corrected chi connectivity index (χ0v) is 27.8. The van der Waals surface area contributed by atoms with E-state index >= 15 is 0 Å². The molecule has 1 aromatic heterocycles. The van der Waals surface area contributed by atoms with E-state index < -0.39 is 0 Å². The molecule has 7 aromatic carbocycles. The fourth-order valence-corrected chi connectivity index (χ4v) is 8.84. The highest BCUT2D eigenvalue weighted by Gasteiger charge is 2.33. The number of nitrogens with zero attached hydrogens (tertiary/aromatic N) is 3. The van der Waals surface area contributed by atoms with Gasteiger partial charge in [0.15, 0.2) is 0 Å². The largest absolute Gasteiger partial charge is 0.319 e. The van der Waals surface area contributed by atoms with E-state index in [4.69, 9.17) is 6.57 Å². The van der Waals surface area contributed by atoms with E-state index in [1.807, 2.05) is 53.4 Å². The minimum Gasteiger partial charge on any atom is -0.319 e. The summed E-state index contributed by atoms with van der Waals surface area (Å²) in [4.78, 5) is 5.84. The molecule has 1 heterocycles. The fraction of sp³-hybridized carbons (Fsp3) is 0.0667. The van der Waals surface area contributed by atoms with Gasteiger partial charge in [0.1, 0.15) is 6.07 Å². The number of para-hydroxylation sites is 3. The maximum Gasteiger partial charge on any atom is 0.210 e. The lowest BCUT2D eigenvalue weighted by atomic mass is 9.81. The van der Waals surface area contributed by atoms with Crippen molar-refractivity contribution in [2.75, 3.05) is 4.90 Å². The molecular weight excluding hydrogens is 615 g/mol. The molecule has 0 radical (unpaired) electrons. The SMILES string of the molecule is [C-]#[N+]c1ccccc1N(c1ccc2c(c1)sc1cc(/C=C/c3cc4c5c(ccc6cccc(c65)C4(C)C)c3)ccc12)c1ccccc1C#N. The second-order valence-corrected chi connectivity index (χ2v) is 14.3. The van der Waals surface area contributed by atoms with Gasteiger partial charge in [-0.15, -0.1) is 11.3 Å². The molecular formula is C45H29N3S. The summed E-state index contributed by atoms with van der Waals surface area (Å²) in [6.45, 7) is 12.5. The maximum absolute atomic E-state index is 9.98. The summed E-state index contributed by atoms with van der Waals surface area (Å²) in [5, 5.41) is 17.8. The molecule has 8 aromatic rings. The van der Waals surface area contributed by atoms with E-state index in [9.17, 15) is 5.26 Å². The van der Waals surface area contributed by atoms with Gasteiger partial charge in [-0.25, -0.2) is 4.85 Å². The van der Waals surface area contributed by atoms with Crippen LogP contribution in [0.1, 0.15) is 41.7 Å². The number of hydrogen-bond donors (Lipinski definition) is 0. The molecule has 0 saturated heterocycles. The molecule has 0 unspecified atom stereocenters. The van der Waals surface area contributed by atoms with E-state index in [1.165, 1.54) is 53.7 Å². The number of anilines is 3. The van der Waals surface area contributed by atoms with E-state index in [-0.39, 0.29) is 5.41 Å². The summed E-state index contributed by atoms with van der Waals surface area (Å²) in [5.74, 6) is 0. The van der Waals surface area contributed by atoms with Crippen LogP contribution in [0.4, 0.5) is 22.7 Å². The molecule has 49 heavy (non-hydrogen) atoms. The normalized spacial score (nSPS) is 13.1. The zero-order valence-electron chi connectivity index (χ0n) is 27.0. The molecule has 0 atom stereocenters. The summed E-state index contributed by atoms with van der Waals surface area (Å²) in [6.07, 6.45) is 4.46. The third-order valence-corrected chi connectivity index (χ3v) is 11.2. The van der Waals surface area contributed by atoms with Crippen molar-refractivity contribution in [3.05, 3.63) is 167 Å². The molecule has 9 rings (SSSR count). The molecule has 230 valence electrons. The Labute approximate surface area is 289 Å². The monoisotopic (exact) mass is 643 g/mol. The highest BCUT2D eigenvalue weighted by Crippen LogP contribution is 2.49. The average Bonchev–Trinajstić information content (AvgIpc) is 3.61. The van der Waals surface area contributed by atoms with Gasteiger partial charge >= 0.3 is 0 Å². The van der Waals surface area contributed by atoms with E-state index in [0.29, 0.717) is 11.3 Å². The van der Waals surface area contributed by atoms with Crippen LogP contribution in [0, 0.1) is 17.9 Å². The van der Waals surface area contributed by atoms with Gasteiger partial charge in [-0.1, -0.05) is 111 Å². The number of nitriles is 1. The van der Waals surface area contributed by atoms with Crippen LogP contribution in [-0.4, -0.2) is 0 Å². The fourth-order valence-electron chi connectivity index (χ4n) is 7.66. The first-order valence-electron chi connectivity index (χ1n) is 16.4. The number of benzene rings is 7. The van der Waals surface area contributed by atoms with Crippen molar-refractivity contribution in [3.8, 4) is 6.07 Å². The Morgan fingerprint density at radius 3 is 2.22 bits per heavy atom. The van der Waals surface area contributed by atoms with E-state index in [2.05, 4.69) is 116 Å². The van der Waals surface area contributed by atoms with Crippen molar-refractivity contribution in [2.24, 2.45) is 0 Å². The molecule has 0 fully saturated rings. The molecule has 0 bridgehead atoms. The Hall–Kier alpha value is -6.20. The van der Waals surface area contributed by atoms with Gasteiger partial charge in [0, 0.05) is 31.3 Å². The molecule has 1 aliphatic rings. The van der Waals surface area contributed by atoms with Gasteiger partial charge in [0.05, 0.1) is 23.5 Å². The summed E-state index contributed by atoms with van der Waals surface area (Å²) >= 11 is 1.77. The summed E-state index contributed by atoms with van der Waals surface area (Å²) in [6, 6.07) is 46.5. The second-order valence-electron chi connectivity index (χ2n) is 13.2. The number of hydrogen-bond acceptors (Lipinski definition) is 3. The minimum absolute atomic E-state index is 0.0372. The summed E-state index contributed by atoms with van der Waals surface area (Å²) in [7, 11) is 0. The van der Waals surface area contributed by atoms with Crippen molar-refractivity contribution in [3.63, 3.8) is 0 Å². The molecule has 0 aliphatic heterocycles. The predicted octanol–water partition coefficient (Wildman–Crippen LogP) is 13.1. The summed E-state index contributed by atoms with van der Waals surface area (Å²) in [5.41, 5.74) is 8.63. The van der Waals surface area contributed by atoms with Gasteiger partial charge in [-0.2, -0.15) is 5.26 Å². The Morgan fingerprint density at radius 2 is 1.39 bits per heavy atom. The first kappa shape index (κ1) is 29.0. The first-order chi connectivity index (χ1) is 23.9. The number of fused-ring (bicyclic) bond motifs is 3. The second kappa shape index (κ2) is 10.9. The molecule has 1 aliphatic carbocycles. The van der Waals surface area contributed by atoms with Crippen molar-refractivity contribution < 1.29 is 0 Å². The topological polar surface area (TPSA) is 31.4 Å². The summed E-state index contributed by atoms with van der Waals surface area (Å²) < 4.78 is 2.37. The predicted molar refractivity (Wildman–Crippen MR) is 208 cm³/mol. The number of thiophene rings is 1. The lowest BCUT2D eigenvalue weighted by Gasteiger charge is -2.27. The van der Waals surface area contributed by atoms with Gasteiger partial charge in [0.2, 0.25) is 5.69 Å². The average molecular weight is 644 g/mol. The minimum atomic E-state index is -0.0372. The molecule has 0 spiro atoms. The first-order valence-corrected chi connectivity index (χ1v) is 17.2. The van der Waals surface area contributed by atoms with Gasteiger partial charge in [-0.05, 0) is 86.3 Å². The molecule has 3 nitrogen and oxygen atoms in total.